The number of nitrogens with zero attached hydrogens (tertiary/aromatic N) is 2. The largest absolute Gasteiger partial charge is 0.353 e. The summed E-state index contributed by atoms with van der Waals surface area (Å²) in [4.78, 5) is 16.4. The molecule has 1 aliphatic heterocycles. The summed E-state index contributed by atoms with van der Waals surface area (Å²) in [7, 11) is 0. The van der Waals surface area contributed by atoms with Crippen LogP contribution >= 0.6 is 11.6 Å². The smallest absolute Gasteiger partial charge is 0.234 e. The topological polar surface area (TPSA) is 35.6 Å². The quantitative estimate of drug-likeness (QED) is 0.863. The van der Waals surface area contributed by atoms with Crippen molar-refractivity contribution in [2.24, 2.45) is 0 Å². The van der Waals surface area contributed by atoms with Crippen LogP contribution in [-0.4, -0.2) is 54.5 Å². The van der Waals surface area contributed by atoms with Crippen molar-refractivity contribution in [1.82, 2.24) is 15.1 Å². The van der Waals surface area contributed by atoms with Crippen molar-refractivity contribution in [3.05, 3.63) is 34.6 Å². The van der Waals surface area contributed by atoms with E-state index in [9.17, 15) is 9.18 Å². The molecule has 0 radical (unpaired) electrons. The lowest BCUT2D eigenvalue weighted by Gasteiger charge is -2.34. The molecular formula is C17H25ClFN3O. The van der Waals surface area contributed by atoms with Crippen molar-refractivity contribution in [3.8, 4) is 0 Å². The zero-order valence-electron chi connectivity index (χ0n) is 13.8. The molecule has 2 rings (SSSR count). The molecule has 1 unspecified atom stereocenters. The summed E-state index contributed by atoms with van der Waals surface area (Å²) in [6, 6.07) is 4.76. The molecule has 6 heteroatoms. The van der Waals surface area contributed by atoms with Crippen molar-refractivity contribution in [2.75, 3.05) is 32.7 Å². The lowest BCUT2D eigenvalue weighted by atomic mass is 10.2. The van der Waals surface area contributed by atoms with Crippen LogP contribution in [0.1, 0.15) is 25.8 Å². The number of hydrogen-bond donors (Lipinski definition) is 1. The average Bonchev–Trinajstić information content (AvgIpc) is 2.51. The fourth-order valence-electron chi connectivity index (χ4n) is 2.62. The van der Waals surface area contributed by atoms with E-state index in [1.165, 1.54) is 12.1 Å². The van der Waals surface area contributed by atoms with Gasteiger partial charge < -0.3 is 5.32 Å². The van der Waals surface area contributed by atoms with Gasteiger partial charge in [0, 0.05) is 43.8 Å². The Morgan fingerprint density at radius 3 is 2.57 bits per heavy atom. The van der Waals surface area contributed by atoms with Crippen molar-refractivity contribution in [2.45, 2.75) is 32.9 Å². The molecule has 1 heterocycles. The molecule has 23 heavy (non-hydrogen) atoms. The number of rotatable bonds is 6. The summed E-state index contributed by atoms with van der Waals surface area (Å²) in [6.07, 6.45) is 0.942. The molecule has 1 N–H and O–H groups in total. The number of amides is 1. The molecule has 0 aromatic heterocycles. The Kier molecular flexibility index (Phi) is 6.81. The Morgan fingerprint density at radius 1 is 1.30 bits per heavy atom. The zero-order valence-corrected chi connectivity index (χ0v) is 14.6. The van der Waals surface area contributed by atoms with Crippen LogP contribution in [0.25, 0.3) is 0 Å². The van der Waals surface area contributed by atoms with E-state index in [4.69, 9.17) is 11.6 Å². The predicted molar refractivity (Wildman–Crippen MR) is 91.0 cm³/mol. The third kappa shape index (κ3) is 5.75. The minimum absolute atomic E-state index is 0.0920. The van der Waals surface area contributed by atoms with Gasteiger partial charge in [-0.15, -0.1) is 0 Å². The van der Waals surface area contributed by atoms with Crippen LogP contribution in [0.2, 0.25) is 5.02 Å². The monoisotopic (exact) mass is 341 g/mol. The fourth-order valence-corrected chi connectivity index (χ4v) is 2.85. The Bertz CT molecular complexity index is 533. The zero-order chi connectivity index (χ0) is 16.8. The third-order valence-electron chi connectivity index (χ3n) is 4.26. The highest BCUT2D eigenvalue weighted by Gasteiger charge is 2.20. The number of halogens is 2. The summed E-state index contributed by atoms with van der Waals surface area (Å²) >= 11 is 6.08. The molecule has 0 aliphatic carbocycles. The van der Waals surface area contributed by atoms with Gasteiger partial charge in [-0.2, -0.15) is 0 Å². The molecule has 1 aromatic rings. The van der Waals surface area contributed by atoms with E-state index in [0.717, 1.165) is 38.2 Å². The molecule has 0 spiro atoms. The molecule has 1 amide bonds. The van der Waals surface area contributed by atoms with Gasteiger partial charge in [-0.3, -0.25) is 14.6 Å². The van der Waals surface area contributed by atoms with Gasteiger partial charge in [0.1, 0.15) is 5.82 Å². The molecule has 1 aromatic carbocycles. The number of nitrogens with one attached hydrogen (secondary N) is 1. The van der Waals surface area contributed by atoms with E-state index in [2.05, 4.69) is 22.0 Å². The summed E-state index contributed by atoms with van der Waals surface area (Å²) in [6.45, 7) is 8.71. The summed E-state index contributed by atoms with van der Waals surface area (Å²) in [5, 5.41) is 3.47. The Labute approximate surface area is 142 Å². The van der Waals surface area contributed by atoms with Gasteiger partial charge in [-0.25, -0.2) is 4.39 Å². The first-order valence-corrected chi connectivity index (χ1v) is 8.53. The molecule has 1 saturated heterocycles. The fraction of sp³-hybridized carbons (Fsp3) is 0.588. The molecule has 128 valence electrons. The molecule has 0 saturated carbocycles. The highest BCUT2D eigenvalue weighted by Crippen LogP contribution is 2.19. The van der Waals surface area contributed by atoms with E-state index in [0.29, 0.717) is 18.1 Å². The van der Waals surface area contributed by atoms with Crippen LogP contribution in [0, 0.1) is 5.82 Å². The minimum atomic E-state index is -0.309. The summed E-state index contributed by atoms with van der Waals surface area (Å²) < 4.78 is 13.1. The van der Waals surface area contributed by atoms with Crippen molar-refractivity contribution >= 4 is 17.5 Å². The maximum atomic E-state index is 13.1. The lowest BCUT2D eigenvalue weighted by molar-refractivity contribution is -0.123. The second-order valence-corrected chi connectivity index (χ2v) is 6.57. The van der Waals surface area contributed by atoms with Gasteiger partial charge >= 0.3 is 0 Å². The number of hydrogen-bond acceptors (Lipinski definition) is 3. The Balaban J connectivity index is 1.76. The SMILES string of the molecule is CCC(C)NC(=O)CN1CCN(Cc2ccc(F)cc2Cl)CC1. The molecule has 1 fully saturated rings. The number of piperazine rings is 1. The molecule has 1 atom stereocenters. The highest BCUT2D eigenvalue weighted by atomic mass is 35.5. The van der Waals surface area contributed by atoms with Crippen molar-refractivity contribution in [1.29, 1.82) is 0 Å². The highest BCUT2D eigenvalue weighted by molar-refractivity contribution is 6.31. The van der Waals surface area contributed by atoms with Gasteiger partial charge in [0.05, 0.1) is 6.54 Å². The second-order valence-electron chi connectivity index (χ2n) is 6.16. The molecule has 1 aliphatic rings. The van der Waals surface area contributed by atoms with Gasteiger partial charge in [0.15, 0.2) is 0 Å². The number of carbonyl (C=O) groups excluding carboxylic acids is 1. The van der Waals surface area contributed by atoms with Crippen LogP contribution in [-0.2, 0) is 11.3 Å². The summed E-state index contributed by atoms with van der Waals surface area (Å²) in [5.74, 6) is -0.217. The van der Waals surface area contributed by atoms with Crippen molar-refractivity contribution < 1.29 is 9.18 Å². The Hall–Kier alpha value is -1.17. The maximum absolute atomic E-state index is 13.1. The molecule has 4 nitrogen and oxygen atoms in total. The lowest BCUT2D eigenvalue weighted by Crippen LogP contribution is -2.49. The van der Waals surface area contributed by atoms with Crippen LogP contribution in [0.4, 0.5) is 4.39 Å². The third-order valence-corrected chi connectivity index (χ3v) is 4.61. The van der Waals surface area contributed by atoms with Crippen LogP contribution in [0.5, 0.6) is 0 Å². The van der Waals surface area contributed by atoms with E-state index >= 15 is 0 Å². The van der Waals surface area contributed by atoms with Crippen LogP contribution < -0.4 is 5.32 Å². The minimum Gasteiger partial charge on any atom is -0.353 e. The second kappa shape index (κ2) is 8.62. The normalized spacial score (nSPS) is 17.9. The predicted octanol–water partition coefficient (Wildman–Crippen LogP) is 2.51. The Morgan fingerprint density at radius 2 is 1.96 bits per heavy atom. The first-order valence-electron chi connectivity index (χ1n) is 8.16. The average molecular weight is 342 g/mol. The van der Waals surface area contributed by atoms with Crippen LogP contribution in [0.3, 0.4) is 0 Å². The van der Waals surface area contributed by atoms with Gasteiger partial charge in [-0.1, -0.05) is 24.6 Å². The number of benzene rings is 1. The first-order chi connectivity index (χ1) is 11.0. The van der Waals surface area contributed by atoms with E-state index in [-0.39, 0.29) is 17.8 Å². The van der Waals surface area contributed by atoms with Gasteiger partial charge in [-0.05, 0) is 31.0 Å². The van der Waals surface area contributed by atoms with E-state index in [1.54, 1.807) is 6.07 Å². The van der Waals surface area contributed by atoms with Gasteiger partial charge in [0.25, 0.3) is 0 Å². The van der Waals surface area contributed by atoms with Crippen LogP contribution in [0.15, 0.2) is 18.2 Å². The number of carbonyl (C=O) groups is 1. The molecule has 0 bridgehead atoms. The standard InChI is InChI=1S/C17H25ClFN3O/c1-3-13(2)20-17(23)12-22-8-6-21(7-9-22)11-14-4-5-15(19)10-16(14)18/h4-5,10,13H,3,6-9,11-12H2,1-2H3,(H,20,23). The van der Waals surface area contributed by atoms with Gasteiger partial charge in [0.2, 0.25) is 5.91 Å². The molecular weight excluding hydrogens is 317 g/mol. The maximum Gasteiger partial charge on any atom is 0.234 e. The van der Waals surface area contributed by atoms with E-state index in [1.807, 2.05) is 6.92 Å². The first kappa shape index (κ1) is 18.2. The van der Waals surface area contributed by atoms with Crippen molar-refractivity contribution in [3.63, 3.8) is 0 Å². The van der Waals surface area contributed by atoms with E-state index < -0.39 is 0 Å². The summed E-state index contributed by atoms with van der Waals surface area (Å²) in [5.41, 5.74) is 0.941.